The molecule has 1 aromatic heterocycles. The highest BCUT2D eigenvalue weighted by atomic mass is 79.9. The number of nitro groups is 1. The van der Waals surface area contributed by atoms with Gasteiger partial charge in [0, 0.05) is 24.0 Å². The Morgan fingerprint density at radius 2 is 2.20 bits per heavy atom. The summed E-state index contributed by atoms with van der Waals surface area (Å²) in [5, 5.41) is 10.9. The van der Waals surface area contributed by atoms with E-state index in [1.165, 1.54) is 4.88 Å². The Labute approximate surface area is 129 Å². The highest BCUT2D eigenvalue weighted by molar-refractivity contribution is 9.10. The molecule has 1 heterocycles. The van der Waals surface area contributed by atoms with Crippen molar-refractivity contribution in [2.75, 3.05) is 7.05 Å². The normalized spacial score (nSPS) is 11.0. The van der Waals surface area contributed by atoms with Gasteiger partial charge in [0.2, 0.25) is 0 Å². The number of nitrogens with zero attached hydrogens (tertiary/aromatic N) is 3. The highest BCUT2D eigenvalue weighted by Crippen LogP contribution is 2.26. The molecule has 7 heteroatoms. The van der Waals surface area contributed by atoms with E-state index in [1.54, 1.807) is 23.5 Å². The van der Waals surface area contributed by atoms with Crippen molar-refractivity contribution in [3.63, 3.8) is 0 Å². The predicted molar refractivity (Wildman–Crippen MR) is 82.8 cm³/mol. The molecule has 0 bridgehead atoms. The van der Waals surface area contributed by atoms with Gasteiger partial charge in [-0.25, -0.2) is 4.98 Å². The lowest BCUT2D eigenvalue weighted by molar-refractivity contribution is -0.385. The van der Waals surface area contributed by atoms with Crippen molar-refractivity contribution in [2.24, 2.45) is 0 Å². The van der Waals surface area contributed by atoms with Crippen LogP contribution in [0.2, 0.25) is 0 Å². The predicted octanol–water partition coefficient (Wildman–Crippen LogP) is 3.75. The van der Waals surface area contributed by atoms with Gasteiger partial charge in [-0.3, -0.25) is 15.0 Å². The molecule has 2 aromatic rings. The van der Waals surface area contributed by atoms with E-state index >= 15 is 0 Å². The fourth-order valence-corrected chi connectivity index (χ4v) is 3.13. The number of hydrogen-bond acceptors (Lipinski definition) is 5. The summed E-state index contributed by atoms with van der Waals surface area (Å²) < 4.78 is 0.507. The smallest absolute Gasteiger partial charge is 0.283 e. The lowest BCUT2D eigenvalue weighted by Crippen LogP contribution is -2.17. The van der Waals surface area contributed by atoms with Crippen LogP contribution in [0.15, 0.2) is 28.2 Å². The van der Waals surface area contributed by atoms with Gasteiger partial charge in [0.25, 0.3) is 5.69 Å². The molecule has 0 spiro atoms. The Morgan fingerprint density at radius 1 is 1.45 bits per heavy atom. The SMILES string of the molecule is Cc1ncsc1CN(C)Cc1ccc(Br)c([N+](=O)[O-])c1. The summed E-state index contributed by atoms with van der Waals surface area (Å²) in [7, 11) is 1.99. The molecule has 0 atom stereocenters. The molecule has 0 fully saturated rings. The maximum absolute atomic E-state index is 10.9. The average Bonchev–Trinajstić information content (AvgIpc) is 2.77. The fourth-order valence-electron chi connectivity index (χ4n) is 1.89. The first-order chi connectivity index (χ1) is 9.47. The second-order valence-electron chi connectivity index (χ2n) is 4.58. The zero-order valence-electron chi connectivity index (χ0n) is 11.2. The zero-order chi connectivity index (χ0) is 14.7. The van der Waals surface area contributed by atoms with Crippen LogP contribution in [0.3, 0.4) is 0 Å². The van der Waals surface area contributed by atoms with E-state index in [2.05, 4.69) is 25.8 Å². The number of nitro benzene ring substituents is 1. The number of rotatable bonds is 5. The van der Waals surface area contributed by atoms with Crippen LogP contribution in [0.4, 0.5) is 5.69 Å². The minimum Gasteiger partial charge on any atom is -0.297 e. The molecule has 0 radical (unpaired) electrons. The Balaban J connectivity index is 2.08. The Kier molecular flexibility index (Phi) is 4.85. The quantitative estimate of drug-likeness (QED) is 0.605. The standard InChI is InChI=1S/C13H14BrN3O2S/c1-9-13(20-8-15-9)7-16(2)6-10-3-4-11(14)12(5-10)17(18)19/h3-5,8H,6-7H2,1-2H3. The second-order valence-corrected chi connectivity index (χ2v) is 6.37. The second kappa shape index (κ2) is 6.43. The Hall–Kier alpha value is -1.31. The van der Waals surface area contributed by atoms with Crippen LogP contribution in [-0.2, 0) is 13.1 Å². The van der Waals surface area contributed by atoms with Crippen molar-refractivity contribution >= 4 is 33.0 Å². The third kappa shape index (κ3) is 3.62. The first kappa shape index (κ1) is 15.1. The van der Waals surface area contributed by atoms with Gasteiger partial charge in [0.15, 0.2) is 0 Å². The van der Waals surface area contributed by atoms with Gasteiger partial charge in [0.05, 0.1) is 20.6 Å². The molecule has 0 N–H and O–H groups in total. The average molecular weight is 356 g/mol. The van der Waals surface area contributed by atoms with Gasteiger partial charge in [-0.15, -0.1) is 11.3 Å². The molecule has 20 heavy (non-hydrogen) atoms. The number of thiazole rings is 1. The van der Waals surface area contributed by atoms with Crippen LogP contribution >= 0.6 is 27.3 Å². The Morgan fingerprint density at radius 3 is 2.80 bits per heavy atom. The van der Waals surface area contributed by atoms with Gasteiger partial charge in [-0.2, -0.15) is 0 Å². The maximum atomic E-state index is 10.9. The minimum atomic E-state index is -0.374. The lowest BCUT2D eigenvalue weighted by Gasteiger charge is -2.16. The van der Waals surface area contributed by atoms with Crippen molar-refractivity contribution in [2.45, 2.75) is 20.0 Å². The number of halogens is 1. The van der Waals surface area contributed by atoms with Crippen LogP contribution in [0, 0.1) is 17.0 Å². The molecule has 0 saturated heterocycles. The maximum Gasteiger partial charge on any atom is 0.283 e. The van der Waals surface area contributed by atoms with Crippen LogP contribution in [0.5, 0.6) is 0 Å². The molecule has 0 aliphatic rings. The van der Waals surface area contributed by atoms with E-state index in [-0.39, 0.29) is 10.6 Å². The first-order valence-electron chi connectivity index (χ1n) is 5.97. The van der Waals surface area contributed by atoms with E-state index in [1.807, 2.05) is 25.5 Å². The van der Waals surface area contributed by atoms with Crippen LogP contribution in [0.25, 0.3) is 0 Å². The summed E-state index contributed by atoms with van der Waals surface area (Å²) in [5.41, 5.74) is 3.90. The molecule has 106 valence electrons. The van der Waals surface area contributed by atoms with Gasteiger partial charge < -0.3 is 0 Å². The minimum absolute atomic E-state index is 0.102. The summed E-state index contributed by atoms with van der Waals surface area (Å²) in [6.07, 6.45) is 0. The monoisotopic (exact) mass is 355 g/mol. The molecule has 2 rings (SSSR count). The molecule has 0 amide bonds. The van der Waals surface area contributed by atoms with E-state index in [4.69, 9.17) is 0 Å². The van der Waals surface area contributed by atoms with Crippen molar-refractivity contribution in [3.05, 3.63) is 54.4 Å². The number of aromatic nitrogens is 1. The third-order valence-electron chi connectivity index (χ3n) is 2.92. The van der Waals surface area contributed by atoms with E-state index in [9.17, 15) is 10.1 Å². The van der Waals surface area contributed by atoms with E-state index in [0.717, 1.165) is 17.8 Å². The summed E-state index contributed by atoms with van der Waals surface area (Å²) in [6, 6.07) is 5.23. The summed E-state index contributed by atoms with van der Waals surface area (Å²) >= 11 is 4.82. The Bertz CT molecular complexity index is 630. The number of hydrogen-bond donors (Lipinski definition) is 0. The third-order valence-corrected chi connectivity index (χ3v) is 4.51. The highest BCUT2D eigenvalue weighted by Gasteiger charge is 2.13. The lowest BCUT2D eigenvalue weighted by atomic mass is 10.2. The molecule has 0 saturated carbocycles. The van der Waals surface area contributed by atoms with Gasteiger partial charge in [-0.1, -0.05) is 6.07 Å². The first-order valence-corrected chi connectivity index (χ1v) is 7.65. The zero-order valence-corrected chi connectivity index (χ0v) is 13.6. The summed E-state index contributed by atoms with van der Waals surface area (Å²) in [5.74, 6) is 0. The van der Waals surface area contributed by atoms with Crippen molar-refractivity contribution in [1.82, 2.24) is 9.88 Å². The largest absolute Gasteiger partial charge is 0.297 e. The van der Waals surface area contributed by atoms with Gasteiger partial charge in [0.1, 0.15) is 0 Å². The number of aryl methyl sites for hydroxylation is 1. The van der Waals surface area contributed by atoms with Gasteiger partial charge >= 0.3 is 0 Å². The van der Waals surface area contributed by atoms with Crippen molar-refractivity contribution in [1.29, 1.82) is 0 Å². The molecule has 0 unspecified atom stereocenters. The van der Waals surface area contributed by atoms with Gasteiger partial charge in [-0.05, 0) is 41.5 Å². The van der Waals surface area contributed by atoms with Crippen LogP contribution in [0.1, 0.15) is 16.1 Å². The molecular weight excluding hydrogens is 342 g/mol. The summed E-state index contributed by atoms with van der Waals surface area (Å²) in [6.45, 7) is 3.44. The molecule has 0 aliphatic carbocycles. The van der Waals surface area contributed by atoms with E-state index < -0.39 is 0 Å². The van der Waals surface area contributed by atoms with E-state index in [0.29, 0.717) is 11.0 Å². The molecule has 5 nitrogen and oxygen atoms in total. The van der Waals surface area contributed by atoms with Crippen molar-refractivity contribution in [3.8, 4) is 0 Å². The molecule has 0 aliphatic heterocycles. The fraction of sp³-hybridized carbons (Fsp3) is 0.308. The molecule has 1 aromatic carbocycles. The number of benzene rings is 1. The van der Waals surface area contributed by atoms with Crippen LogP contribution in [-0.4, -0.2) is 21.9 Å². The summed E-state index contributed by atoms with van der Waals surface area (Å²) in [4.78, 5) is 18.1. The van der Waals surface area contributed by atoms with Crippen LogP contribution < -0.4 is 0 Å². The molecular formula is C13H14BrN3O2S. The van der Waals surface area contributed by atoms with Crippen molar-refractivity contribution < 1.29 is 4.92 Å². The topological polar surface area (TPSA) is 59.3 Å².